The van der Waals surface area contributed by atoms with Crippen LogP contribution in [0.25, 0.3) is 0 Å². The van der Waals surface area contributed by atoms with E-state index in [4.69, 9.17) is 5.11 Å². The lowest BCUT2D eigenvalue weighted by atomic mass is 9.89. The molecule has 2 rings (SSSR count). The lowest BCUT2D eigenvalue weighted by molar-refractivity contribution is -0.129. The Labute approximate surface area is 123 Å². The average molecular weight is 292 g/mol. The lowest BCUT2D eigenvalue weighted by Gasteiger charge is -2.22. The molecule has 108 valence electrons. The molecule has 2 N–H and O–H groups in total. The van der Waals surface area contributed by atoms with Gasteiger partial charge in [-0.1, -0.05) is 11.8 Å². The minimum absolute atomic E-state index is 0.109. The first-order chi connectivity index (χ1) is 9.57. The van der Waals surface area contributed by atoms with Gasteiger partial charge in [0.2, 0.25) is 5.91 Å². The van der Waals surface area contributed by atoms with Gasteiger partial charge >= 0.3 is 0 Å². The second kappa shape index (κ2) is 6.40. The molecular weight excluding hydrogens is 272 g/mol. The van der Waals surface area contributed by atoms with Gasteiger partial charge in [-0.05, 0) is 26.0 Å². The number of rotatable bonds is 3. The summed E-state index contributed by atoms with van der Waals surface area (Å²) in [5, 5.41) is 13.4. The summed E-state index contributed by atoms with van der Waals surface area (Å²) in [6.45, 7) is 4.51. The number of aliphatic hydroxyl groups excluding tert-OH is 1. The van der Waals surface area contributed by atoms with Crippen molar-refractivity contribution in [1.82, 2.24) is 10.2 Å². The van der Waals surface area contributed by atoms with Gasteiger partial charge in [-0.2, -0.15) is 0 Å². The molecule has 2 heterocycles. The van der Waals surface area contributed by atoms with E-state index in [0.29, 0.717) is 0 Å². The first-order valence-electron chi connectivity index (χ1n) is 6.69. The van der Waals surface area contributed by atoms with Crippen LogP contribution in [0.1, 0.15) is 23.8 Å². The topological polar surface area (TPSA) is 52.6 Å². The van der Waals surface area contributed by atoms with Gasteiger partial charge in [0.25, 0.3) is 0 Å². The summed E-state index contributed by atoms with van der Waals surface area (Å²) in [4.78, 5) is 15.4. The van der Waals surface area contributed by atoms with Gasteiger partial charge in [0.15, 0.2) is 0 Å². The van der Waals surface area contributed by atoms with Crippen LogP contribution in [0.4, 0.5) is 0 Å². The Bertz CT molecular complexity index is 544. The van der Waals surface area contributed by atoms with Crippen LogP contribution < -0.4 is 5.32 Å². The summed E-state index contributed by atoms with van der Waals surface area (Å²) >= 11 is 1.67. The SMILES string of the molecule is CNC(=O)C1(C)CCN(Cc2cc(C#CCO)cs2)C1. The Morgan fingerprint density at radius 1 is 1.65 bits per heavy atom. The molecule has 0 aliphatic carbocycles. The fraction of sp³-hybridized carbons (Fsp3) is 0.533. The maximum atomic E-state index is 11.9. The molecule has 0 bridgehead atoms. The molecule has 5 heteroatoms. The maximum absolute atomic E-state index is 11.9. The number of aliphatic hydroxyl groups is 1. The molecule has 1 saturated heterocycles. The number of carbonyl (C=O) groups is 1. The number of likely N-dealkylation sites (tertiary alicyclic amines) is 1. The van der Waals surface area contributed by atoms with Crippen molar-refractivity contribution in [3.05, 3.63) is 21.9 Å². The van der Waals surface area contributed by atoms with Gasteiger partial charge < -0.3 is 10.4 Å². The quantitative estimate of drug-likeness (QED) is 0.819. The fourth-order valence-electron chi connectivity index (χ4n) is 2.57. The number of amides is 1. The van der Waals surface area contributed by atoms with E-state index in [9.17, 15) is 4.79 Å². The van der Waals surface area contributed by atoms with Crippen LogP contribution in [0.2, 0.25) is 0 Å². The predicted octanol–water partition coefficient (Wildman–Crippen LogP) is 1.05. The van der Waals surface area contributed by atoms with Crippen molar-refractivity contribution in [3.63, 3.8) is 0 Å². The highest BCUT2D eigenvalue weighted by Crippen LogP contribution is 2.31. The average Bonchev–Trinajstić information content (AvgIpc) is 3.04. The standard InChI is InChI=1S/C15H20N2O2S/c1-15(14(19)16-2)5-6-17(11-15)9-13-8-12(10-20-13)4-3-7-18/h8,10,18H,5-7,9,11H2,1-2H3,(H,16,19). The van der Waals surface area contributed by atoms with Crippen LogP contribution in [-0.4, -0.2) is 42.7 Å². The summed E-state index contributed by atoms with van der Waals surface area (Å²) in [5.41, 5.74) is 0.679. The van der Waals surface area contributed by atoms with Gasteiger partial charge in [0, 0.05) is 36.0 Å². The molecule has 1 aromatic rings. The highest BCUT2D eigenvalue weighted by atomic mass is 32.1. The van der Waals surface area contributed by atoms with Gasteiger partial charge in [0.05, 0.1) is 5.41 Å². The maximum Gasteiger partial charge on any atom is 0.227 e. The van der Waals surface area contributed by atoms with E-state index < -0.39 is 0 Å². The highest BCUT2D eigenvalue weighted by Gasteiger charge is 2.39. The zero-order valence-corrected chi connectivity index (χ0v) is 12.7. The Balaban J connectivity index is 1.95. The van der Waals surface area contributed by atoms with Gasteiger partial charge in [-0.3, -0.25) is 9.69 Å². The third kappa shape index (κ3) is 3.40. The minimum Gasteiger partial charge on any atom is -0.384 e. The Morgan fingerprint density at radius 2 is 2.45 bits per heavy atom. The van der Waals surface area contributed by atoms with Gasteiger partial charge in [0.1, 0.15) is 6.61 Å². The van der Waals surface area contributed by atoms with Gasteiger partial charge in [-0.25, -0.2) is 0 Å². The molecule has 4 nitrogen and oxygen atoms in total. The van der Waals surface area contributed by atoms with E-state index in [1.54, 1.807) is 18.4 Å². The monoisotopic (exact) mass is 292 g/mol. The van der Waals surface area contributed by atoms with Crippen LogP contribution in [0.5, 0.6) is 0 Å². The van der Waals surface area contributed by atoms with Crippen molar-refractivity contribution < 1.29 is 9.90 Å². The number of thiophene rings is 1. The summed E-state index contributed by atoms with van der Waals surface area (Å²) in [6, 6.07) is 2.06. The number of carbonyl (C=O) groups excluding carboxylic acids is 1. The number of hydrogen-bond donors (Lipinski definition) is 2. The van der Waals surface area contributed by atoms with E-state index >= 15 is 0 Å². The molecule has 1 aromatic heterocycles. The summed E-state index contributed by atoms with van der Waals surface area (Å²) in [5.74, 6) is 5.69. The van der Waals surface area contributed by atoms with Crippen LogP contribution in [0.15, 0.2) is 11.4 Å². The second-order valence-corrected chi connectivity index (χ2v) is 6.36. The molecule has 0 aromatic carbocycles. The molecule has 0 saturated carbocycles. The molecule has 1 atom stereocenters. The number of nitrogens with one attached hydrogen (secondary N) is 1. The largest absolute Gasteiger partial charge is 0.384 e. The second-order valence-electron chi connectivity index (χ2n) is 5.36. The van der Waals surface area contributed by atoms with Crippen LogP contribution in [-0.2, 0) is 11.3 Å². The fourth-order valence-corrected chi connectivity index (χ4v) is 3.43. The molecular formula is C15H20N2O2S. The first kappa shape index (κ1) is 15.0. The highest BCUT2D eigenvalue weighted by molar-refractivity contribution is 7.10. The molecule has 20 heavy (non-hydrogen) atoms. The Morgan fingerprint density at radius 3 is 3.15 bits per heavy atom. The van der Waals surface area contributed by atoms with E-state index in [0.717, 1.165) is 31.6 Å². The van der Waals surface area contributed by atoms with E-state index in [1.807, 2.05) is 12.3 Å². The summed E-state index contributed by atoms with van der Waals surface area (Å²) in [7, 11) is 1.70. The predicted molar refractivity (Wildman–Crippen MR) is 80.4 cm³/mol. The molecule has 1 amide bonds. The zero-order chi connectivity index (χ0) is 14.6. The van der Waals surface area contributed by atoms with Crippen molar-refractivity contribution in [3.8, 4) is 11.8 Å². The minimum atomic E-state index is -0.272. The molecule has 1 unspecified atom stereocenters. The normalized spacial score (nSPS) is 22.4. The van der Waals surface area contributed by atoms with E-state index in [2.05, 4.69) is 28.1 Å². The third-order valence-electron chi connectivity index (χ3n) is 3.67. The molecule has 1 aliphatic rings. The van der Waals surface area contributed by atoms with Crippen molar-refractivity contribution in [2.24, 2.45) is 5.41 Å². The van der Waals surface area contributed by atoms with Crippen LogP contribution >= 0.6 is 11.3 Å². The smallest absolute Gasteiger partial charge is 0.227 e. The van der Waals surface area contributed by atoms with Crippen molar-refractivity contribution >= 4 is 17.2 Å². The Hall–Kier alpha value is -1.35. The van der Waals surface area contributed by atoms with E-state index in [-0.39, 0.29) is 17.9 Å². The van der Waals surface area contributed by atoms with Gasteiger partial charge in [-0.15, -0.1) is 11.3 Å². The van der Waals surface area contributed by atoms with Crippen molar-refractivity contribution in [2.45, 2.75) is 19.9 Å². The van der Waals surface area contributed by atoms with E-state index in [1.165, 1.54) is 4.88 Å². The summed E-state index contributed by atoms with van der Waals surface area (Å²) < 4.78 is 0. The van der Waals surface area contributed by atoms with Crippen LogP contribution in [0, 0.1) is 17.3 Å². The molecule has 1 aliphatic heterocycles. The van der Waals surface area contributed by atoms with Crippen LogP contribution in [0.3, 0.4) is 0 Å². The molecule has 1 fully saturated rings. The summed E-state index contributed by atoms with van der Waals surface area (Å²) in [6.07, 6.45) is 0.898. The number of nitrogens with zero attached hydrogens (tertiary/aromatic N) is 1. The zero-order valence-electron chi connectivity index (χ0n) is 11.9. The molecule has 0 radical (unpaired) electrons. The lowest BCUT2D eigenvalue weighted by Crippen LogP contribution is -2.39. The third-order valence-corrected chi connectivity index (χ3v) is 4.59. The van der Waals surface area contributed by atoms with Crippen molar-refractivity contribution in [2.75, 3.05) is 26.7 Å². The first-order valence-corrected chi connectivity index (χ1v) is 7.57. The Kier molecular flexibility index (Phi) is 4.81. The van der Waals surface area contributed by atoms with Crippen molar-refractivity contribution in [1.29, 1.82) is 0 Å². The number of hydrogen-bond acceptors (Lipinski definition) is 4. The molecule has 0 spiro atoms.